The molecule has 2 saturated heterocycles. The van der Waals surface area contributed by atoms with E-state index < -0.39 is 0 Å². The minimum atomic E-state index is 0.992. The fourth-order valence-corrected chi connectivity index (χ4v) is 1.72. The number of hydrogen-bond donors (Lipinski definition) is 2. The Morgan fingerprint density at radius 3 is 2.11 bits per heavy atom. The Hall–Kier alpha value is -0.0800. The van der Waals surface area contributed by atoms with Gasteiger partial charge in [-0.15, -0.1) is 0 Å². The number of nitrogens with one attached hydrogen (secondary N) is 2. The first kappa shape index (κ1) is 5.69. The summed E-state index contributed by atoms with van der Waals surface area (Å²) in [5.74, 6) is 1.99. The molecule has 1 atom stereocenters. The molecule has 0 spiro atoms. The molecule has 0 bridgehead atoms. The molecule has 2 nitrogen and oxygen atoms in total. The highest BCUT2D eigenvalue weighted by Gasteiger charge is 2.28. The summed E-state index contributed by atoms with van der Waals surface area (Å²) < 4.78 is 0. The Kier molecular flexibility index (Phi) is 1.44. The molecule has 2 aliphatic heterocycles. The van der Waals surface area contributed by atoms with Crippen molar-refractivity contribution < 1.29 is 0 Å². The summed E-state index contributed by atoms with van der Waals surface area (Å²) in [6.45, 7) is 5.06. The third-order valence-electron chi connectivity index (χ3n) is 2.58. The van der Waals surface area contributed by atoms with Crippen molar-refractivity contribution in [3.8, 4) is 0 Å². The topological polar surface area (TPSA) is 24.1 Å². The van der Waals surface area contributed by atoms with Crippen molar-refractivity contribution in [2.24, 2.45) is 11.8 Å². The third-order valence-corrected chi connectivity index (χ3v) is 2.58. The highest BCUT2D eigenvalue weighted by molar-refractivity contribution is 4.85. The van der Waals surface area contributed by atoms with Crippen LogP contribution in [0.5, 0.6) is 0 Å². The molecule has 2 N–H and O–H groups in total. The van der Waals surface area contributed by atoms with Gasteiger partial charge in [-0.05, 0) is 44.4 Å². The highest BCUT2D eigenvalue weighted by Crippen LogP contribution is 2.21. The van der Waals surface area contributed by atoms with Crippen LogP contribution in [-0.2, 0) is 0 Å². The number of rotatable bonds is 1. The van der Waals surface area contributed by atoms with Crippen LogP contribution in [0.1, 0.15) is 6.42 Å². The molecule has 2 rings (SSSR count). The van der Waals surface area contributed by atoms with Gasteiger partial charge < -0.3 is 10.6 Å². The van der Waals surface area contributed by atoms with Crippen molar-refractivity contribution in [2.45, 2.75) is 6.42 Å². The van der Waals surface area contributed by atoms with E-state index in [1.807, 2.05) is 0 Å². The molecular weight excluding hydrogens is 112 g/mol. The molecule has 0 radical (unpaired) electrons. The van der Waals surface area contributed by atoms with E-state index in [1.165, 1.54) is 32.6 Å². The predicted octanol–water partition coefficient (Wildman–Crippen LogP) is -0.185. The normalized spacial score (nSPS) is 36.7. The van der Waals surface area contributed by atoms with Crippen LogP contribution in [0, 0.1) is 11.8 Å². The monoisotopic (exact) mass is 126 g/mol. The van der Waals surface area contributed by atoms with Gasteiger partial charge in [-0.3, -0.25) is 0 Å². The van der Waals surface area contributed by atoms with E-state index in [2.05, 4.69) is 10.6 Å². The first-order valence-electron chi connectivity index (χ1n) is 3.88. The fraction of sp³-hybridized carbons (Fsp3) is 1.00. The van der Waals surface area contributed by atoms with Gasteiger partial charge in [0.2, 0.25) is 0 Å². The van der Waals surface area contributed by atoms with Gasteiger partial charge in [-0.2, -0.15) is 0 Å². The van der Waals surface area contributed by atoms with Gasteiger partial charge in [-0.25, -0.2) is 0 Å². The standard InChI is InChI=1S/C7H14N2/c1-2-8-3-6(1)7-4-9-5-7/h6-9H,1-5H2. The summed E-state index contributed by atoms with van der Waals surface area (Å²) in [5, 5.41) is 6.70. The van der Waals surface area contributed by atoms with E-state index in [4.69, 9.17) is 0 Å². The summed E-state index contributed by atoms with van der Waals surface area (Å²) in [4.78, 5) is 0. The molecule has 0 amide bonds. The first-order chi connectivity index (χ1) is 4.47. The van der Waals surface area contributed by atoms with E-state index in [0.29, 0.717) is 0 Å². The molecule has 0 saturated carbocycles. The molecule has 2 fully saturated rings. The average molecular weight is 126 g/mol. The van der Waals surface area contributed by atoms with Crippen LogP contribution in [-0.4, -0.2) is 26.2 Å². The largest absolute Gasteiger partial charge is 0.316 e. The molecule has 0 aromatic heterocycles. The minimum Gasteiger partial charge on any atom is -0.316 e. The van der Waals surface area contributed by atoms with Crippen molar-refractivity contribution in [3.63, 3.8) is 0 Å². The predicted molar refractivity (Wildman–Crippen MR) is 37.3 cm³/mol. The van der Waals surface area contributed by atoms with Crippen LogP contribution in [0.3, 0.4) is 0 Å². The Morgan fingerprint density at radius 2 is 1.67 bits per heavy atom. The lowest BCUT2D eigenvalue weighted by Gasteiger charge is -2.31. The average Bonchev–Trinajstić information content (AvgIpc) is 2.11. The van der Waals surface area contributed by atoms with Crippen LogP contribution < -0.4 is 10.6 Å². The quantitative estimate of drug-likeness (QED) is 0.509. The Morgan fingerprint density at radius 1 is 0.889 bits per heavy atom. The van der Waals surface area contributed by atoms with Gasteiger partial charge in [0.15, 0.2) is 0 Å². The van der Waals surface area contributed by atoms with Crippen LogP contribution >= 0.6 is 0 Å². The second-order valence-electron chi connectivity index (χ2n) is 3.17. The van der Waals surface area contributed by atoms with E-state index in [0.717, 1.165) is 11.8 Å². The number of hydrogen-bond acceptors (Lipinski definition) is 2. The van der Waals surface area contributed by atoms with Crippen LogP contribution in [0.2, 0.25) is 0 Å². The molecule has 0 aliphatic carbocycles. The Labute approximate surface area is 56.0 Å². The molecule has 2 aliphatic rings. The SMILES string of the molecule is C1CC(C2CNC2)CN1. The van der Waals surface area contributed by atoms with Gasteiger partial charge >= 0.3 is 0 Å². The Bertz CT molecular complexity index is 93.1. The van der Waals surface area contributed by atoms with E-state index >= 15 is 0 Å². The smallest absolute Gasteiger partial charge is 0.000511 e. The van der Waals surface area contributed by atoms with E-state index in [9.17, 15) is 0 Å². The lowest BCUT2D eigenvalue weighted by molar-refractivity contribution is 0.248. The molecule has 0 aromatic carbocycles. The Balaban J connectivity index is 1.82. The summed E-state index contributed by atoms with van der Waals surface area (Å²) in [6, 6.07) is 0. The molecule has 1 unspecified atom stereocenters. The van der Waals surface area contributed by atoms with Gasteiger partial charge in [0, 0.05) is 0 Å². The zero-order valence-electron chi connectivity index (χ0n) is 5.69. The van der Waals surface area contributed by atoms with Crippen LogP contribution in [0.25, 0.3) is 0 Å². The van der Waals surface area contributed by atoms with E-state index in [1.54, 1.807) is 0 Å². The van der Waals surface area contributed by atoms with E-state index in [-0.39, 0.29) is 0 Å². The second-order valence-corrected chi connectivity index (χ2v) is 3.17. The maximum Gasteiger partial charge on any atom is -0.000511 e. The molecule has 0 aromatic rings. The highest BCUT2D eigenvalue weighted by atomic mass is 15.0. The van der Waals surface area contributed by atoms with Crippen molar-refractivity contribution in [1.82, 2.24) is 10.6 Å². The molecule has 9 heavy (non-hydrogen) atoms. The molecule has 2 heterocycles. The minimum absolute atomic E-state index is 0.992. The van der Waals surface area contributed by atoms with Crippen molar-refractivity contribution in [2.75, 3.05) is 26.2 Å². The zero-order valence-corrected chi connectivity index (χ0v) is 5.69. The zero-order chi connectivity index (χ0) is 6.10. The van der Waals surface area contributed by atoms with Crippen molar-refractivity contribution >= 4 is 0 Å². The maximum absolute atomic E-state index is 3.39. The lowest BCUT2D eigenvalue weighted by atomic mass is 9.87. The molecule has 2 heteroatoms. The fourth-order valence-electron chi connectivity index (χ4n) is 1.72. The van der Waals surface area contributed by atoms with Gasteiger partial charge in [0.25, 0.3) is 0 Å². The summed E-state index contributed by atoms with van der Waals surface area (Å²) in [5.41, 5.74) is 0. The van der Waals surface area contributed by atoms with Gasteiger partial charge in [0.1, 0.15) is 0 Å². The molecular formula is C7H14N2. The molecule has 52 valence electrons. The summed E-state index contributed by atoms with van der Waals surface area (Å²) in [7, 11) is 0. The van der Waals surface area contributed by atoms with Crippen molar-refractivity contribution in [3.05, 3.63) is 0 Å². The van der Waals surface area contributed by atoms with Gasteiger partial charge in [0.05, 0.1) is 0 Å². The van der Waals surface area contributed by atoms with Crippen molar-refractivity contribution in [1.29, 1.82) is 0 Å². The summed E-state index contributed by atoms with van der Waals surface area (Å²) in [6.07, 6.45) is 1.41. The van der Waals surface area contributed by atoms with Gasteiger partial charge in [-0.1, -0.05) is 0 Å². The van der Waals surface area contributed by atoms with Crippen LogP contribution in [0.4, 0.5) is 0 Å². The maximum atomic E-state index is 3.39. The lowest BCUT2D eigenvalue weighted by Crippen LogP contribution is -2.46. The first-order valence-corrected chi connectivity index (χ1v) is 3.88. The van der Waals surface area contributed by atoms with Crippen LogP contribution in [0.15, 0.2) is 0 Å². The summed E-state index contributed by atoms with van der Waals surface area (Å²) >= 11 is 0. The second kappa shape index (κ2) is 2.27. The third kappa shape index (κ3) is 0.970.